The van der Waals surface area contributed by atoms with Gasteiger partial charge in [-0.1, -0.05) is 0 Å². The number of likely N-dealkylation sites (N-methyl/N-ethyl adjacent to an activating group) is 1. The Hall–Kier alpha value is -2.31. The Bertz CT molecular complexity index is 593. The van der Waals surface area contributed by atoms with Crippen LogP contribution in [0.5, 0.6) is 0 Å². The third-order valence-corrected chi connectivity index (χ3v) is 2.67. The Labute approximate surface area is 110 Å². The molecule has 0 radical (unpaired) electrons. The summed E-state index contributed by atoms with van der Waals surface area (Å²) < 4.78 is 4.70. The van der Waals surface area contributed by atoms with Crippen LogP contribution in [-0.2, 0) is 4.79 Å². The van der Waals surface area contributed by atoms with E-state index in [9.17, 15) is 4.79 Å². The molecule has 7 nitrogen and oxygen atoms in total. The van der Waals surface area contributed by atoms with Crippen LogP contribution in [0.15, 0.2) is 16.8 Å². The first-order chi connectivity index (χ1) is 8.99. The van der Waals surface area contributed by atoms with E-state index in [1.165, 1.54) is 0 Å². The summed E-state index contributed by atoms with van der Waals surface area (Å²) in [5.74, 6) is -0.0565. The molecule has 0 saturated heterocycles. The number of nitrogens with zero attached hydrogens (tertiary/aromatic N) is 3. The summed E-state index contributed by atoms with van der Waals surface area (Å²) in [6.45, 7) is 4.06. The van der Waals surface area contributed by atoms with E-state index in [4.69, 9.17) is 10.4 Å². The van der Waals surface area contributed by atoms with Crippen molar-refractivity contribution in [1.82, 2.24) is 15.6 Å². The van der Waals surface area contributed by atoms with Gasteiger partial charge >= 0.3 is 0 Å². The molecule has 0 aliphatic heterocycles. The highest BCUT2D eigenvalue weighted by atomic mass is 16.6. The number of nitrogens with two attached hydrogens (primary N) is 1. The van der Waals surface area contributed by atoms with E-state index in [0.29, 0.717) is 16.7 Å². The number of fused-ring (bicyclic) bond motifs is 1. The van der Waals surface area contributed by atoms with Gasteiger partial charge in [-0.3, -0.25) is 4.79 Å². The lowest BCUT2D eigenvalue weighted by molar-refractivity contribution is -0.120. The van der Waals surface area contributed by atoms with Gasteiger partial charge in [0.1, 0.15) is 0 Å². The van der Waals surface area contributed by atoms with Gasteiger partial charge in [0.05, 0.1) is 17.9 Å². The van der Waals surface area contributed by atoms with Crippen LogP contribution in [0.2, 0.25) is 0 Å². The fraction of sp³-hybridized carbons (Fsp3) is 0.417. The van der Waals surface area contributed by atoms with Crippen LogP contribution < -0.4 is 16.0 Å². The molecular formula is C12H17N5O2. The van der Waals surface area contributed by atoms with Gasteiger partial charge in [0.25, 0.3) is 0 Å². The molecule has 102 valence electrons. The highest BCUT2D eigenvalue weighted by molar-refractivity contribution is 5.96. The van der Waals surface area contributed by atoms with Crippen LogP contribution in [-0.4, -0.2) is 35.9 Å². The molecule has 2 aromatic rings. The van der Waals surface area contributed by atoms with Crippen LogP contribution in [0.1, 0.15) is 13.8 Å². The summed E-state index contributed by atoms with van der Waals surface area (Å²) in [7, 11) is 1.81. The third-order valence-electron chi connectivity index (χ3n) is 2.67. The average molecular weight is 263 g/mol. The van der Waals surface area contributed by atoms with E-state index in [1.807, 2.05) is 13.8 Å². The fourth-order valence-corrected chi connectivity index (χ4v) is 1.85. The molecule has 0 unspecified atom stereocenters. The van der Waals surface area contributed by atoms with Crippen molar-refractivity contribution < 1.29 is 9.42 Å². The van der Waals surface area contributed by atoms with Crippen molar-refractivity contribution >= 4 is 28.3 Å². The van der Waals surface area contributed by atoms with Gasteiger partial charge < -0.3 is 16.0 Å². The minimum Gasteiger partial charge on any atom is -0.397 e. The molecule has 2 rings (SSSR count). The van der Waals surface area contributed by atoms with Crippen molar-refractivity contribution in [2.45, 2.75) is 19.9 Å². The fourth-order valence-electron chi connectivity index (χ4n) is 1.85. The zero-order chi connectivity index (χ0) is 14.0. The molecular weight excluding hydrogens is 246 g/mol. The number of amides is 1. The smallest absolute Gasteiger partial charge is 0.239 e. The molecule has 1 amide bonds. The first kappa shape index (κ1) is 13.1. The predicted molar refractivity (Wildman–Crippen MR) is 72.8 cm³/mol. The molecule has 0 atom stereocenters. The van der Waals surface area contributed by atoms with Gasteiger partial charge in [0.15, 0.2) is 11.0 Å². The lowest BCUT2D eigenvalue weighted by Crippen LogP contribution is -2.38. The number of carbonyl (C=O) groups excluding carboxylic acids is 1. The minimum atomic E-state index is -0.0565. The number of aromatic nitrogens is 2. The number of nitrogen functional groups attached to an aromatic ring is 1. The Morgan fingerprint density at radius 3 is 2.79 bits per heavy atom. The molecule has 0 aliphatic rings. The highest BCUT2D eigenvalue weighted by Crippen LogP contribution is 2.27. The quantitative estimate of drug-likeness (QED) is 0.791. The molecule has 0 fully saturated rings. The first-order valence-electron chi connectivity index (χ1n) is 6.00. The molecule has 0 aliphatic carbocycles. The van der Waals surface area contributed by atoms with Crippen molar-refractivity contribution in [3.63, 3.8) is 0 Å². The highest BCUT2D eigenvalue weighted by Gasteiger charge is 2.15. The number of carbonyl (C=O) groups is 1. The summed E-state index contributed by atoms with van der Waals surface area (Å²) in [6, 6.07) is 3.63. The maximum Gasteiger partial charge on any atom is 0.239 e. The van der Waals surface area contributed by atoms with Gasteiger partial charge in [-0.2, -0.15) is 0 Å². The topological polar surface area (TPSA) is 97.3 Å². The average Bonchev–Trinajstić information content (AvgIpc) is 2.77. The molecule has 0 bridgehead atoms. The van der Waals surface area contributed by atoms with E-state index >= 15 is 0 Å². The molecule has 0 saturated carbocycles. The number of rotatable bonds is 4. The van der Waals surface area contributed by atoms with Crippen LogP contribution in [0.3, 0.4) is 0 Å². The minimum absolute atomic E-state index is 0.0565. The monoisotopic (exact) mass is 263 g/mol. The molecule has 0 spiro atoms. The van der Waals surface area contributed by atoms with Crippen molar-refractivity contribution in [2.75, 3.05) is 24.2 Å². The Balaban J connectivity index is 2.22. The molecule has 19 heavy (non-hydrogen) atoms. The SMILES string of the molecule is CC(C)NC(=O)CN(C)c1ccc(N)c2nonc12. The van der Waals surface area contributed by atoms with E-state index in [-0.39, 0.29) is 18.5 Å². The zero-order valence-corrected chi connectivity index (χ0v) is 11.2. The molecule has 1 aromatic carbocycles. The number of anilines is 2. The summed E-state index contributed by atoms with van der Waals surface area (Å²) in [4.78, 5) is 13.5. The number of nitrogens with one attached hydrogen (secondary N) is 1. The summed E-state index contributed by atoms with van der Waals surface area (Å²) in [5, 5.41) is 10.4. The van der Waals surface area contributed by atoms with Crippen molar-refractivity contribution in [3.8, 4) is 0 Å². The molecule has 3 N–H and O–H groups in total. The van der Waals surface area contributed by atoms with Gasteiger partial charge in [-0.25, -0.2) is 4.63 Å². The van der Waals surface area contributed by atoms with Crippen LogP contribution >= 0.6 is 0 Å². The largest absolute Gasteiger partial charge is 0.397 e. The maximum absolute atomic E-state index is 11.7. The maximum atomic E-state index is 11.7. The Kier molecular flexibility index (Phi) is 3.55. The summed E-state index contributed by atoms with van der Waals surface area (Å²) >= 11 is 0. The second-order valence-electron chi connectivity index (χ2n) is 4.71. The zero-order valence-electron chi connectivity index (χ0n) is 11.2. The normalized spacial score (nSPS) is 10.9. The second-order valence-corrected chi connectivity index (χ2v) is 4.71. The van der Waals surface area contributed by atoms with Crippen LogP contribution in [0, 0.1) is 0 Å². The first-order valence-corrected chi connectivity index (χ1v) is 6.00. The lowest BCUT2D eigenvalue weighted by atomic mass is 10.2. The van der Waals surface area contributed by atoms with Gasteiger partial charge in [-0.05, 0) is 36.3 Å². The van der Waals surface area contributed by atoms with Gasteiger partial charge in [0.2, 0.25) is 5.91 Å². The van der Waals surface area contributed by atoms with E-state index in [0.717, 1.165) is 5.69 Å². The Morgan fingerprint density at radius 1 is 1.42 bits per heavy atom. The predicted octanol–water partition coefficient (Wildman–Crippen LogP) is 0.766. The number of hydrogen-bond acceptors (Lipinski definition) is 6. The van der Waals surface area contributed by atoms with Crippen molar-refractivity contribution in [2.24, 2.45) is 0 Å². The number of benzene rings is 1. The molecule has 1 heterocycles. The van der Waals surface area contributed by atoms with E-state index in [1.54, 1.807) is 24.1 Å². The second kappa shape index (κ2) is 5.13. The molecule has 1 aromatic heterocycles. The molecule has 7 heteroatoms. The van der Waals surface area contributed by atoms with Gasteiger partial charge in [-0.15, -0.1) is 0 Å². The van der Waals surface area contributed by atoms with E-state index in [2.05, 4.69) is 15.6 Å². The standard InChI is InChI=1S/C12H17N5O2/c1-7(2)14-10(18)6-17(3)9-5-4-8(13)11-12(9)16-19-15-11/h4-5,7H,6,13H2,1-3H3,(H,14,18). The summed E-state index contributed by atoms with van der Waals surface area (Å²) in [6.07, 6.45) is 0. The van der Waals surface area contributed by atoms with Crippen molar-refractivity contribution in [1.29, 1.82) is 0 Å². The van der Waals surface area contributed by atoms with Crippen LogP contribution in [0.25, 0.3) is 11.0 Å². The van der Waals surface area contributed by atoms with Crippen molar-refractivity contribution in [3.05, 3.63) is 12.1 Å². The van der Waals surface area contributed by atoms with Gasteiger partial charge in [0, 0.05) is 13.1 Å². The number of hydrogen-bond donors (Lipinski definition) is 2. The lowest BCUT2D eigenvalue weighted by Gasteiger charge is -2.19. The van der Waals surface area contributed by atoms with E-state index < -0.39 is 0 Å². The Morgan fingerprint density at radius 2 is 2.11 bits per heavy atom. The summed E-state index contributed by atoms with van der Waals surface area (Å²) in [5.41, 5.74) is 8.09. The third kappa shape index (κ3) is 2.75. The van der Waals surface area contributed by atoms with Crippen LogP contribution in [0.4, 0.5) is 11.4 Å².